The van der Waals surface area contributed by atoms with Crippen LogP contribution < -0.4 is 10.6 Å². The van der Waals surface area contributed by atoms with Crippen molar-refractivity contribution in [2.45, 2.75) is 6.42 Å². The molecule has 1 aromatic heterocycles. The second-order valence-electron chi connectivity index (χ2n) is 5.64. The van der Waals surface area contributed by atoms with Gasteiger partial charge in [0.2, 0.25) is 0 Å². The first-order valence-corrected chi connectivity index (χ1v) is 9.02. The molecular formula is C20H18N2O3S. The first kappa shape index (κ1) is 17.7. The zero-order valence-electron chi connectivity index (χ0n) is 13.9. The summed E-state index contributed by atoms with van der Waals surface area (Å²) in [7, 11) is 0. The molecule has 3 rings (SSSR count). The molecule has 0 saturated carbocycles. The smallest absolute Gasteiger partial charge is 0.348 e. The number of nitrogens with one attached hydrogen (secondary N) is 2. The molecule has 0 bridgehead atoms. The van der Waals surface area contributed by atoms with Gasteiger partial charge in [-0.3, -0.25) is 0 Å². The Morgan fingerprint density at radius 2 is 1.62 bits per heavy atom. The van der Waals surface area contributed by atoms with Gasteiger partial charge in [-0.1, -0.05) is 60.7 Å². The summed E-state index contributed by atoms with van der Waals surface area (Å²) in [6, 6.07) is 18.8. The summed E-state index contributed by atoms with van der Waals surface area (Å²) >= 11 is 1.10. The normalized spacial score (nSPS) is 10.3. The summed E-state index contributed by atoms with van der Waals surface area (Å²) in [4.78, 5) is 23.8. The fraction of sp³-hybridized carbons (Fsp3) is 0.100. The largest absolute Gasteiger partial charge is 0.477 e. The maximum Gasteiger partial charge on any atom is 0.348 e. The molecule has 0 saturated heterocycles. The highest BCUT2D eigenvalue weighted by Gasteiger charge is 2.20. The average Bonchev–Trinajstić information content (AvgIpc) is 3.07. The Morgan fingerprint density at radius 3 is 2.27 bits per heavy atom. The van der Waals surface area contributed by atoms with Gasteiger partial charge in [-0.2, -0.15) is 0 Å². The molecule has 0 aliphatic heterocycles. The quantitative estimate of drug-likeness (QED) is 0.602. The summed E-state index contributed by atoms with van der Waals surface area (Å²) in [5, 5.41) is 16.6. The molecule has 2 aromatic carbocycles. The van der Waals surface area contributed by atoms with Crippen LogP contribution in [0.25, 0.3) is 11.1 Å². The summed E-state index contributed by atoms with van der Waals surface area (Å²) in [5.74, 6) is -1.06. The minimum atomic E-state index is -1.06. The number of aromatic carboxylic acids is 1. The number of rotatable bonds is 6. The van der Waals surface area contributed by atoms with Crippen LogP contribution in [0.3, 0.4) is 0 Å². The molecule has 2 amide bonds. The van der Waals surface area contributed by atoms with E-state index in [0.29, 0.717) is 24.2 Å². The summed E-state index contributed by atoms with van der Waals surface area (Å²) in [6.45, 7) is 0.461. The van der Waals surface area contributed by atoms with Crippen LogP contribution in [0.4, 0.5) is 10.5 Å². The molecule has 0 spiro atoms. The van der Waals surface area contributed by atoms with E-state index >= 15 is 0 Å². The highest BCUT2D eigenvalue weighted by Crippen LogP contribution is 2.36. The molecule has 0 radical (unpaired) electrons. The third kappa shape index (κ3) is 4.29. The lowest BCUT2D eigenvalue weighted by atomic mass is 10.1. The number of carboxylic acids is 1. The van der Waals surface area contributed by atoms with Gasteiger partial charge in [0.05, 0.1) is 5.69 Å². The van der Waals surface area contributed by atoms with Gasteiger partial charge in [-0.05, 0) is 17.5 Å². The second-order valence-corrected chi connectivity index (χ2v) is 6.52. The Bertz CT molecular complexity index is 892. The van der Waals surface area contributed by atoms with E-state index in [1.165, 1.54) is 0 Å². The second kappa shape index (κ2) is 8.31. The van der Waals surface area contributed by atoms with Crippen LogP contribution in [0, 0.1) is 0 Å². The summed E-state index contributed by atoms with van der Waals surface area (Å²) < 4.78 is 0. The molecule has 3 N–H and O–H groups in total. The predicted molar refractivity (Wildman–Crippen MR) is 104 cm³/mol. The van der Waals surface area contributed by atoms with Gasteiger partial charge in [0.15, 0.2) is 0 Å². The molecule has 1 heterocycles. The molecule has 0 atom stereocenters. The Morgan fingerprint density at radius 1 is 0.962 bits per heavy atom. The van der Waals surface area contributed by atoms with Crippen molar-refractivity contribution in [2.24, 2.45) is 0 Å². The van der Waals surface area contributed by atoms with Gasteiger partial charge in [0.25, 0.3) is 0 Å². The van der Waals surface area contributed by atoms with Crippen molar-refractivity contribution in [3.05, 3.63) is 76.5 Å². The van der Waals surface area contributed by atoms with Crippen LogP contribution in [-0.2, 0) is 6.42 Å². The van der Waals surface area contributed by atoms with Gasteiger partial charge in [0, 0.05) is 17.5 Å². The van der Waals surface area contributed by atoms with Crippen LogP contribution in [-0.4, -0.2) is 23.7 Å². The highest BCUT2D eigenvalue weighted by molar-refractivity contribution is 7.13. The molecule has 132 valence electrons. The minimum absolute atomic E-state index is 0.113. The molecule has 3 aromatic rings. The first-order chi connectivity index (χ1) is 12.6. The van der Waals surface area contributed by atoms with Gasteiger partial charge >= 0.3 is 12.0 Å². The number of hydrogen-bond donors (Lipinski definition) is 3. The van der Waals surface area contributed by atoms with Gasteiger partial charge in [-0.25, -0.2) is 9.59 Å². The number of hydrogen-bond acceptors (Lipinski definition) is 3. The lowest BCUT2D eigenvalue weighted by molar-refractivity contribution is 0.0703. The van der Waals surface area contributed by atoms with Crippen molar-refractivity contribution >= 4 is 29.0 Å². The van der Waals surface area contributed by atoms with Crippen LogP contribution >= 0.6 is 11.3 Å². The lowest BCUT2D eigenvalue weighted by Gasteiger charge is -2.10. The number of thiophene rings is 1. The fourth-order valence-corrected chi connectivity index (χ4v) is 3.46. The number of anilines is 1. The highest BCUT2D eigenvalue weighted by atomic mass is 32.1. The van der Waals surface area contributed by atoms with Gasteiger partial charge in [-0.15, -0.1) is 11.3 Å². The van der Waals surface area contributed by atoms with Crippen LogP contribution in [0.2, 0.25) is 0 Å². The van der Waals surface area contributed by atoms with Gasteiger partial charge in [0.1, 0.15) is 4.88 Å². The Hall–Kier alpha value is -3.12. The number of carboxylic acid groups (broad SMARTS) is 1. The maximum absolute atomic E-state index is 12.2. The van der Waals surface area contributed by atoms with E-state index in [9.17, 15) is 14.7 Å². The van der Waals surface area contributed by atoms with Crippen LogP contribution in [0.1, 0.15) is 15.2 Å². The number of carbonyl (C=O) groups is 2. The SMILES string of the molecule is O=C(NCCc1ccccc1)Nc1c(-c2ccccc2)csc1C(=O)O. The first-order valence-electron chi connectivity index (χ1n) is 8.14. The monoisotopic (exact) mass is 366 g/mol. The molecule has 6 heteroatoms. The van der Waals surface area contributed by atoms with E-state index in [4.69, 9.17) is 0 Å². The van der Waals surface area contributed by atoms with Crippen molar-refractivity contribution in [1.29, 1.82) is 0 Å². The zero-order valence-corrected chi connectivity index (χ0v) is 14.8. The van der Waals surface area contributed by atoms with E-state index < -0.39 is 12.0 Å². The Balaban J connectivity index is 1.70. The third-order valence-corrected chi connectivity index (χ3v) is 4.82. The fourth-order valence-electron chi connectivity index (χ4n) is 2.59. The van der Waals surface area contributed by atoms with E-state index in [1.807, 2.05) is 60.7 Å². The molecule has 26 heavy (non-hydrogen) atoms. The van der Waals surface area contributed by atoms with Crippen molar-refractivity contribution in [3.63, 3.8) is 0 Å². The van der Waals surface area contributed by atoms with Crippen molar-refractivity contribution in [3.8, 4) is 11.1 Å². The summed E-state index contributed by atoms with van der Waals surface area (Å²) in [6.07, 6.45) is 0.704. The molecule has 0 unspecified atom stereocenters. The number of carbonyl (C=O) groups excluding carboxylic acids is 1. The van der Waals surface area contributed by atoms with Crippen molar-refractivity contribution in [2.75, 3.05) is 11.9 Å². The topological polar surface area (TPSA) is 78.4 Å². The van der Waals surface area contributed by atoms with E-state index in [0.717, 1.165) is 22.5 Å². The molecular weight excluding hydrogens is 348 g/mol. The van der Waals surface area contributed by atoms with Crippen LogP contribution in [0.5, 0.6) is 0 Å². The van der Waals surface area contributed by atoms with E-state index in [-0.39, 0.29) is 4.88 Å². The molecule has 0 fully saturated rings. The number of amides is 2. The lowest BCUT2D eigenvalue weighted by Crippen LogP contribution is -2.31. The third-order valence-electron chi connectivity index (χ3n) is 3.85. The van der Waals surface area contributed by atoms with E-state index in [2.05, 4.69) is 10.6 Å². The van der Waals surface area contributed by atoms with E-state index in [1.54, 1.807) is 5.38 Å². The number of urea groups is 1. The zero-order chi connectivity index (χ0) is 18.4. The van der Waals surface area contributed by atoms with Crippen LogP contribution in [0.15, 0.2) is 66.0 Å². The standard InChI is InChI=1S/C20H18N2O3S/c23-19(24)18-17(16(13-26-18)15-9-5-2-6-10-15)22-20(25)21-12-11-14-7-3-1-4-8-14/h1-10,13H,11-12H2,(H,23,24)(H2,21,22,25). The number of benzene rings is 2. The van der Waals surface area contributed by atoms with Gasteiger partial charge < -0.3 is 15.7 Å². The van der Waals surface area contributed by atoms with Crippen molar-refractivity contribution < 1.29 is 14.7 Å². The predicted octanol–water partition coefficient (Wildman–Crippen LogP) is 4.48. The maximum atomic E-state index is 12.2. The molecule has 0 aliphatic carbocycles. The summed E-state index contributed by atoms with van der Waals surface area (Å²) in [5.41, 5.74) is 3.01. The Labute approximate surface area is 155 Å². The Kier molecular flexibility index (Phi) is 5.66. The average molecular weight is 366 g/mol. The van der Waals surface area contributed by atoms with Crippen molar-refractivity contribution in [1.82, 2.24) is 5.32 Å². The molecule has 5 nitrogen and oxygen atoms in total. The minimum Gasteiger partial charge on any atom is -0.477 e. The molecule has 0 aliphatic rings.